The molecule has 0 radical (unpaired) electrons. The second-order valence-electron chi connectivity index (χ2n) is 5.43. The van der Waals surface area contributed by atoms with Gasteiger partial charge in [0.15, 0.2) is 0 Å². The van der Waals surface area contributed by atoms with Crippen LogP contribution in [0, 0.1) is 17.0 Å². The Hall–Kier alpha value is -1.24. The highest BCUT2D eigenvalue weighted by Gasteiger charge is 2.39. The highest BCUT2D eigenvalue weighted by molar-refractivity contribution is 5.85. The molecule has 22 heavy (non-hydrogen) atoms. The second-order valence-corrected chi connectivity index (χ2v) is 5.43. The number of benzene rings is 1. The summed E-state index contributed by atoms with van der Waals surface area (Å²) in [7, 11) is 0. The lowest BCUT2D eigenvalue weighted by molar-refractivity contribution is -0.136. The van der Waals surface area contributed by atoms with E-state index in [1.807, 2.05) is 0 Å². The molecule has 1 saturated heterocycles. The highest BCUT2D eigenvalue weighted by Crippen LogP contribution is 2.31. The summed E-state index contributed by atoms with van der Waals surface area (Å²) in [6, 6.07) is 2.88. The molecular weight excluding hydrogens is 314 g/mol. The summed E-state index contributed by atoms with van der Waals surface area (Å²) in [5.74, 6) is -1.61. The van der Waals surface area contributed by atoms with Crippen molar-refractivity contribution in [1.82, 2.24) is 5.32 Å². The third-order valence-electron chi connectivity index (χ3n) is 4.10. The van der Waals surface area contributed by atoms with E-state index in [0.29, 0.717) is 26.1 Å². The topological polar surface area (TPSA) is 64.4 Å². The summed E-state index contributed by atoms with van der Waals surface area (Å²) in [4.78, 5) is 12.5. The van der Waals surface area contributed by atoms with Gasteiger partial charge in [0.2, 0.25) is 5.91 Å². The minimum Gasteiger partial charge on any atom is -0.381 e. The first-order valence-corrected chi connectivity index (χ1v) is 7.03. The molecule has 1 fully saturated rings. The molecule has 1 unspecified atom stereocenters. The number of hydrogen-bond donors (Lipinski definition) is 2. The Morgan fingerprint density at radius 2 is 1.91 bits per heavy atom. The molecule has 0 aliphatic carbocycles. The zero-order valence-corrected chi connectivity index (χ0v) is 13.2. The van der Waals surface area contributed by atoms with Gasteiger partial charge in [0.1, 0.15) is 11.6 Å². The first-order chi connectivity index (χ1) is 10.00. The number of ether oxygens (including phenoxy) is 1. The predicted molar refractivity (Wildman–Crippen MR) is 81.7 cm³/mol. The molecule has 3 N–H and O–H groups in total. The Kier molecular flexibility index (Phi) is 6.71. The Labute approximate surface area is 134 Å². The smallest absolute Gasteiger partial charge is 0.228 e. The van der Waals surface area contributed by atoms with E-state index in [1.54, 1.807) is 6.92 Å². The lowest BCUT2D eigenvalue weighted by Gasteiger charge is -2.35. The van der Waals surface area contributed by atoms with Gasteiger partial charge in [-0.05, 0) is 31.9 Å². The van der Waals surface area contributed by atoms with Crippen LogP contribution in [-0.2, 0) is 9.53 Å². The third kappa shape index (κ3) is 3.74. The lowest BCUT2D eigenvalue weighted by Crippen LogP contribution is -2.49. The maximum atomic E-state index is 13.7. The molecule has 124 valence electrons. The number of rotatable bonds is 4. The van der Waals surface area contributed by atoms with Crippen LogP contribution in [0.1, 0.15) is 31.4 Å². The van der Waals surface area contributed by atoms with Crippen molar-refractivity contribution in [3.05, 3.63) is 35.4 Å². The van der Waals surface area contributed by atoms with E-state index in [9.17, 15) is 13.6 Å². The lowest BCUT2D eigenvalue weighted by atomic mass is 9.79. The molecule has 1 aliphatic heterocycles. The molecule has 7 heteroatoms. The van der Waals surface area contributed by atoms with Gasteiger partial charge in [0, 0.05) is 25.3 Å². The van der Waals surface area contributed by atoms with Gasteiger partial charge < -0.3 is 15.8 Å². The molecule has 0 aromatic heterocycles. The van der Waals surface area contributed by atoms with E-state index in [2.05, 4.69) is 5.32 Å². The van der Waals surface area contributed by atoms with Gasteiger partial charge in [0.05, 0.1) is 11.5 Å². The van der Waals surface area contributed by atoms with Crippen LogP contribution in [0.2, 0.25) is 0 Å². The van der Waals surface area contributed by atoms with Gasteiger partial charge in [-0.15, -0.1) is 12.4 Å². The van der Waals surface area contributed by atoms with Crippen LogP contribution >= 0.6 is 12.4 Å². The molecule has 1 amide bonds. The summed E-state index contributed by atoms with van der Waals surface area (Å²) < 4.78 is 32.7. The van der Waals surface area contributed by atoms with E-state index < -0.39 is 23.1 Å². The highest BCUT2D eigenvalue weighted by atomic mass is 35.5. The predicted octanol–water partition coefficient (Wildman–Crippen LogP) is 2.32. The number of hydrogen-bond acceptors (Lipinski definition) is 3. The van der Waals surface area contributed by atoms with Crippen LogP contribution in [0.4, 0.5) is 8.78 Å². The quantitative estimate of drug-likeness (QED) is 0.888. The minimum absolute atomic E-state index is 0. The maximum absolute atomic E-state index is 13.7. The van der Waals surface area contributed by atoms with Crippen LogP contribution in [0.25, 0.3) is 0 Å². The first-order valence-electron chi connectivity index (χ1n) is 7.03. The fourth-order valence-corrected chi connectivity index (χ4v) is 2.63. The van der Waals surface area contributed by atoms with E-state index in [4.69, 9.17) is 10.5 Å². The molecule has 0 spiro atoms. The Balaban J connectivity index is 0.00000242. The monoisotopic (exact) mass is 334 g/mol. The van der Waals surface area contributed by atoms with Crippen LogP contribution in [0.3, 0.4) is 0 Å². The van der Waals surface area contributed by atoms with Crippen molar-refractivity contribution < 1.29 is 18.3 Å². The molecule has 1 aromatic carbocycles. The molecule has 1 aromatic rings. The van der Waals surface area contributed by atoms with Gasteiger partial charge in [-0.25, -0.2) is 8.78 Å². The zero-order chi connectivity index (χ0) is 15.5. The largest absolute Gasteiger partial charge is 0.381 e. The fraction of sp³-hybridized carbons (Fsp3) is 0.533. The summed E-state index contributed by atoms with van der Waals surface area (Å²) in [5.41, 5.74) is 4.90. The third-order valence-corrected chi connectivity index (χ3v) is 4.10. The first kappa shape index (κ1) is 18.8. The Bertz CT molecular complexity index is 502. The molecule has 1 heterocycles. The molecule has 0 saturated carbocycles. The molecule has 1 aliphatic rings. The zero-order valence-electron chi connectivity index (χ0n) is 12.4. The molecule has 1 atom stereocenters. The van der Waals surface area contributed by atoms with Crippen molar-refractivity contribution >= 4 is 18.3 Å². The molecular formula is C15H21ClF2N2O2. The summed E-state index contributed by atoms with van der Waals surface area (Å²) >= 11 is 0. The van der Waals surface area contributed by atoms with Gasteiger partial charge in [0.25, 0.3) is 0 Å². The van der Waals surface area contributed by atoms with Crippen LogP contribution < -0.4 is 11.1 Å². The standard InChI is InChI=1S/C15H20F2N2O2.ClH/c1-10(13-11(16)3-2-4-12(13)17)19-14(20)15(9-18)5-7-21-8-6-15;/h2-4,10H,5-9,18H2,1H3,(H,19,20);1H. The van der Waals surface area contributed by atoms with Gasteiger partial charge in [-0.2, -0.15) is 0 Å². The average Bonchev–Trinajstić information content (AvgIpc) is 2.47. The number of amides is 1. The van der Waals surface area contributed by atoms with Crippen molar-refractivity contribution in [2.75, 3.05) is 19.8 Å². The van der Waals surface area contributed by atoms with Crippen LogP contribution in [-0.4, -0.2) is 25.7 Å². The fourth-order valence-electron chi connectivity index (χ4n) is 2.63. The maximum Gasteiger partial charge on any atom is 0.228 e. The number of halogens is 3. The number of carbonyl (C=O) groups excluding carboxylic acids is 1. The number of nitrogens with one attached hydrogen (secondary N) is 1. The Morgan fingerprint density at radius 1 is 1.36 bits per heavy atom. The molecule has 4 nitrogen and oxygen atoms in total. The number of nitrogens with two attached hydrogens (primary N) is 1. The van der Waals surface area contributed by atoms with Crippen molar-refractivity contribution in [3.8, 4) is 0 Å². The Morgan fingerprint density at radius 3 is 2.41 bits per heavy atom. The average molecular weight is 335 g/mol. The number of carbonyl (C=O) groups is 1. The summed E-state index contributed by atoms with van der Waals surface area (Å²) in [6.45, 7) is 2.68. The van der Waals surface area contributed by atoms with Gasteiger partial charge in [-0.3, -0.25) is 4.79 Å². The normalized spacial score (nSPS) is 18.2. The van der Waals surface area contributed by atoms with Crippen molar-refractivity contribution in [2.45, 2.75) is 25.8 Å². The SMILES string of the molecule is CC(NC(=O)C1(CN)CCOCC1)c1c(F)cccc1F.Cl. The van der Waals surface area contributed by atoms with Gasteiger partial charge in [-0.1, -0.05) is 6.07 Å². The van der Waals surface area contributed by atoms with E-state index in [-0.39, 0.29) is 30.4 Å². The van der Waals surface area contributed by atoms with Crippen LogP contribution in [0.5, 0.6) is 0 Å². The summed E-state index contributed by atoms with van der Waals surface area (Å²) in [6.07, 6.45) is 1.03. The molecule has 0 bridgehead atoms. The second kappa shape index (κ2) is 7.85. The minimum atomic E-state index is -0.759. The van der Waals surface area contributed by atoms with Crippen LogP contribution in [0.15, 0.2) is 18.2 Å². The van der Waals surface area contributed by atoms with Crippen molar-refractivity contribution in [3.63, 3.8) is 0 Å². The van der Waals surface area contributed by atoms with Gasteiger partial charge >= 0.3 is 0 Å². The van der Waals surface area contributed by atoms with E-state index in [0.717, 1.165) is 0 Å². The summed E-state index contributed by atoms with van der Waals surface area (Å²) in [5, 5.41) is 2.68. The van der Waals surface area contributed by atoms with E-state index >= 15 is 0 Å². The van der Waals surface area contributed by atoms with Crippen molar-refractivity contribution in [2.24, 2.45) is 11.1 Å². The van der Waals surface area contributed by atoms with E-state index in [1.165, 1.54) is 18.2 Å². The molecule has 2 rings (SSSR count). The van der Waals surface area contributed by atoms with Crippen molar-refractivity contribution in [1.29, 1.82) is 0 Å².